The van der Waals surface area contributed by atoms with Gasteiger partial charge < -0.3 is 4.40 Å². The number of pyridine rings is 1. The maximum absolute atomic E-state index is 8.65. The molecule has 0 spiro atoms. The Morgan fingerprint density at radius 2 is 1.26 bits per heavy atom. The Morgan fingerprint density at radius 3 is 1.98 bits per heavy atom. The molecular weight excluding hydrogens is 978 g/mol. The first-order chi connectivity index (χ1) is 32.4. The molecule has 0 unspecified atom stereocenters. The number of benzene rings is 7. The number of para-hydroxylation sites is 4. The van der Waals surface area contributed by atoms with Gasteiger partial charge in [0, 0.05) is 27.7 Å². The molecule has 5 aromatic heterocycles. The Morgan fingerprint density at radius 1 is 0.585 bits per heavy atom. The van der Waals surface area contributed by atoms with Crippen molar-refractivity contribution in [3.8, 4) is 28.7 Å². The van der Waals surface area contributed by atoms with Crippen molar-refractivity contribution in [1.82, 2.24) is 23.1 Å². The number of aryl methyl sites for hydroxylation is 2. The van der Waals surface area contributed by atoms with E-state index in [1.165, 1.54) is 38.2 Å². The van der Waals surface area contributed by atoms with Gasteiger partial charge in [-0.2, -0.15) is 0 Å². The maximum atomic E-state index is 8.65. The molecule has 0 saturated heterocycles. The number of nitrogens with zero attached hydrogens (tertiary/aromatic N) is 5. The zero-order valence-electron chi connectivity index (χ0n) is 40.2. The van der Waals surface area contributed by atoms with Crippen LogP contribution >= 0.6 is 0 Å². The van der Waals surface area contributed by atoms with Crippen molar-refractivity contribution in [1.29, 1.82) is 0 Å². The van der Waals surface area contributed by atoms with Crippen LogP contribution in [0.15, 0.2) is 140 Å². The van der Waals surface area contributed by atoms with Gasteiger partial charge in [0.25, 0.3) is 0 Å². The van der Waals surface area contributed by atoms with Crippen LogP contribution in [0.3, 0.4) is 0 Å². The van der Waals surface area contributed by atoms with E-state index < -0.39 is 6.85 Å². The molecule has 0 aliphatic rings. The van der Waals surface area contributed by atoms with Gasteiger partial charge in [0.05, 0.1) is 16.6 Å². The number of imidazole rings is 1. The number of ether oxygens (including phenoxy) is 1. The second-order valence-electron chi connectivity index (χ2n) is 19.4. The van der Waals surface area contributed by atoms with E-state index in [1.807, 2.05) is 30.5 Å². The number of aromatic nitrogens is 5. The average molecular weight is 1030 g/mol. The van der Waals surface area contributed by atoms with E-state index in [4.69, 9.17) is 13.8 Å². The molecule has 0 saturated carbocycles. The van der Waals surface area contributed by atoms with Gasteiger partial charge in [-0.15, -0.1) is 0 Å². The van der Waals surface area contributed by atoms with Gasteiger partial charge in [0.2, 0.25) is 0 Å². The molecule has 7 heteroatoms. The summed E-state index contributed by atoms with van der Waals surface area (Å²) in [6.45, 7) is 13.1. The average Bonchev–Trinajstić information content (AvgIpc) is 4.00. The van der Waals surface area contributed by atoms with E-state index in [-0.39, 0.29) is 22.1 Å². The van der Waals surface area contributed by atoms with Crippen molar-refractivity contribution < 1.29 is 28.2 Å². The smallest absolute Gasteiger partial charge is 0.0459 e. The molecule has 5 heterocycles. The Kier molecular flexibility index (Phi) is 7.95. The normalized spacial score (nSPS) is 13.6. The van der Waals surface area contributed by atoms with Crippen LogP contribution < -0.4 is 4.74 Å². The van der Waals surface area contributed by atoms with Crippen molar-refractivity contribution >= 4 is 70.9 Å². The SMILES string of the molecule is [2H]C([2H])([2H])c1ccc(-n2[c](=[Pt])n(-c3cc(C(C)(C)C)cc(C(C)(C)C)c3)c3ccccc32)[c-]c1Oc1[c-]c2c(cc1)c1cc3c4cccc5c6ccccc6n(c3cc1n2-c1cc(C)ccn1)c54. The molecule has 0 N–H and O–H groups in total. The first kappa shape index (κ1) is 36.6. The summed E-state index contributed by atoms with van der Waals surface area (Å²) in [5.41, 5.74) is 12.4. The summed E-state index contributed by atoms with van der Waals surface area (Å²) in [5.74, 6) is 1.22. The third kappa shape index (κ3) is 6.10. The molecular formula is C58H47N5OPt-2. The number of fused-ring (bicyclic) bond motifs is 10. The summed E-state index contributed by atoms with van der Waals surface area (Å²) in [6.07, 6.45) is 1.83. The molecule has 0 aliphatic carbocycles. The van der Waals surface area contributed by atoms with Crippen molar-refractivity contribution in [2.75, 3.05) is 0 Å². The summed E-state index contributed by atoms with van der Waals surface area (Å²) in [6, 6.07) is 53.5. The molecule has 0 amide bonds. The molecule has 0 atom stereocenters. The van der Waals surface area contributed by atoms with Crippen LogP contribution in [0.25, 0.3) is 88.1 Å². The Labute approximate surface area is 392 Å². The summed E-state index contributed by atoms with van der Waals surface area (Å²) in [7, 11) is 0. The van der Waals surface area contributed by atoms with E-state index >= 15 is 0 Å². The molecule has 6 nitrogen and oxygen atoms in total. The fraction of sp³-hybridized carbons (Fsp3) is 0.172. The predicted molar refractivity (Wildman–Crippen MR) is 264 cm³/mol. The van der Waals surface area contributed by atoms with E-state index in [2.05, 4.69) is 201 Å². The monoisotopic (exact) mass is 1030 g/mol. The second-order valence-corrected chi connectivity index (χ2v) is 20.4. The number of hydrogen-bond donors (Lipinski definition) is 0. The number of rotatable bonds is 5. The zero-order chi connectivity index (χ0) is 47.2. The minimum absolute atomic E-state index is 0.0586. The summed E-state index contributed by atoms with van der Waals surface area (Å²) in [5, 5.41) is 6.86. The zero-order valence-corrected chi connectivity index (χ0v) is 39.5. The first-order valence-electron chi connectivity index (χ1n) is 23.5. The molecule has 65 heavy (non-hydrogen) atoms. The van der Waals surface area contributed by atoms with E-state index in [1.54, 1.807) is 6.07 Å². The Balaban J connectivity index is 1.05. The van der Waals surface area contributed by atoms with Gasteiger partial charge in [0.1, 0.15) is 0 Å². The van der Waals surface area contributed by atoms with E-state index in [9.17, 15) is 0 Å². The molecule has 12 rings (SSSR count). The molecule has 12 aromatic rings. The van der Waals surface area contributed by atoms with Gasteiger partial charge in [-0.05, 0) is 24.6 Å². The topological polar surface area (TPSA) is 41.3 Å². The fourth-order valence-electron chi connectivity index (χ4n) is 9.76. The van der Waals surface area contributed by atoms with Crippen LogP contribution in [-0.4, -0.2) is 23.1 Å². The minimum atomic E-state index is -2.48. The van der Waals surface area contributed by atoms with Gasteiger partial charge in [0.15, 0.2) is 0 Å². The van der Waals surface area contributed by atoms with Crippen LogP contribution in [0.4, 0.5) is 0 Å². The van der Waals surface area contributed by atoms with E-state index in [0.29, 0.717) is 11.4 Å². The molecule has 0 radical (unpaired) electrons. The predicted octanol–water partition coefficient (Wildman–Crippen LogP) is 14.7. The van der Waals surface area contributed by atoms with Crippen LogP contribution in [0.1, 0.15) is 67.9 Å². The molecule has 0 bridgehead atoms. The third-order valence-corrected chi connectivity index (χ3v) is 14.1. The third-order valence-electron chi connectivity index (χ3n) is 13.1. The van der Waals surface area contributed by atoms with Crippen molar-refractivity contribution in [2.45, 2.75) is 66.1 Å². The fourth-order valence-corrected chi connectivity index (χ4v) is 10.9. The molecule has 0 aliphatic heterocycles. The standard InChI is InChI=1S/C58H47N5O.Pt/c1-35-24-25-59-55(26-35)62-51-31-41(22-23-43(51)46-32-47-45-16-13-15-44-42-14-9-10-17-48(42)63(56(44)45)53(47)33-52(46)62)64-54-30-39(21-20-36(54)2)60-34-61(50-19-12-11-18-49(50)60)40-28-37(57(3,4)5)27-38(29-40)58(6,7)8;/h9-29,32-33H,1-8H3;/q-2;/i2D3;. The summed E-state index contributed by atoms with van der Waals surface area (Å²) >= 11 is 2.39. The van der Waals surface area contributed by atoms with Crippen LogP contribution in [-0.2, 0) is 30.2 Å². The molecule has 322 valence electrons. The molecule has 7 aromatic carbocycles. The van der Waals surface area contributed by atoms with Gasteiger partial charge in [-0.1, -0.05) is 36.4 Å². The first-order valence-corrected chi connectivity index (χ1v) is 23.2. The quantitative estimate of drug-likeness (QED) is 0.161. The van der Waals surface area contributed by atoms with E-state index in [0.717, 1.165) is 64.7 Å². The minimum Gasteiger partial charge on any atom is -0.0459 e. The Bertz CT molecular complexity index is 4080. The number of hydrogen-bond acceptors (Lipinski definition) is 2. The molecule has 0 fully saturated rings. The van der Waals surface area contributed by atoms with Gasteiger partial charge in [-0.25, -0.2) is 0 Å². The van der Waals surface area contributed by atoms with Crippen molar-refractivity contribution in [3.05, 3.63) is 178 Å². The van der Waals surface area contributed by atoms with Crippen molar-refractivity contribution in [3.63, 3.8) is 0 Å². The van der Waals surface area contributed by atoms with Gasteiger partial charge in [-0.3, -0.25) is 0 Å². The summed E-state index contributed by atoms with van der Waals surface area (Å²) < 4.78 is 42.5. The van der Waals surface area contributed by atoms with Crippen LogP contribution in [0.2, 0.25) is 0 Å². The van der Waals surface area contributed by atoms with Crippen LogP contribution in [0, 0.1) is 29.7 Å². The second kappa shape index (κ2) is 14.1. The van der Waals surface area contributed by atoms with Crippen LogP contribution in [0.5, 0.6) is 11.5 Å². The Hall–Kier alpha value is -6.75. The van der Waals surface area contributed by atoms with Crippen molar-refractivity contribution in [2.24, 2.45) is 0 Å². The summed E-state index contributed by atoms with van der Waals surface area (Å²) in [4.78, 5) is 4.90. The van der Waals surface area contributed by atoms with Gasteiger partial charge >= 0.3 is 285 Å².